The summed E-state index contributed by atoms with van der Waals surface area (Å²) in [6, 6.07) is 19.3. The lowest BCUT2D eigenvalue weighted by Crippen LogP contribution is -2.48. The van der Waals surface area contributed by atoms with Crippen LogP contribution >= 0.6 is 0 Å². The van der Waals surface area contributed by atoms with Crippen molar-refractivity contribution in [1.29, 1.82) is 0 Å². The number of amides is 3. The number of imide groups is 1. The molecule has 16 heteroatoms. The van der Waals surface area contributed by atoms with Crippen LogP contribution in [0, 0.1) is 10.1 Å². The number of ether oxygens (including phenoxy) is 3. The maximum absolute atomic E-state index is 13.7. The molecule has 256 valence electrons. The number of carbonyl (C=O) groups excluding carboxylic acids is 3. The molecule has 0 radical (unpaired) electrons. The van der Waals surface area contributed by atoms with Gasteiger partial charge in [0.05, 0.1) is 22.4 Å². The third kappa shape index (κ3) is 10.8. The maximum atomic E-state index is 13.7. The number of hydrogen-bond donors (Lipinski definition) is 3. The number of benzene rings is 3. The number of rotatable bonds is 12. The van der Waals surface area contributed by atoms with Crippen LogP contribution in [0.4, 0.5) is 21.0 Å². The van der Waals surface area contributed by atoms with E-state index in [4.69, 9.17) is 14.2 Å². The zero-order valence-corrected chi connectivity index (χ0v) is 27.4. The van der Waals surface area contributed by atoms with Gasteiger partial charge in [-0.25, -0.2) is 27.6 Å². The minimum absolute atomic E-state index is 0.0528. The molecule has 3 aromatic carbocycles. The minimum atomic E-state index is -3.89. The third-order valence-electron chi connectivity index (χ3n) is 6.80. The summed E-state index contributed by atoms with van der Waals surface area (Å²) in [4.78, 5) is 50.0. The molecule has 2 atom stereocenters. The van der Waals surface area contributed by atoms with Crippen molar-refractivity contribution >= 4 is 39.5 Å². The molecule has 3 aromatic rings. The number of carbonyl (C=O) groups is 3. The molecule has 1 aliphatic rings. The Kier molecular flexibility index (Phi) is 11.7. The first-order valence-corrected chi connectivity index (χ1v) is 16.6. The highest BCUT2D eigenvalue weighted by atomic mass is 32.2. The zero-order chi connectivity index (χ0) is 34.9. The van der Waals surface area contributed by atoms with Crippen molar-refractivity contribution in [2.45, 2.75) is 51.5 Å². The second kappa shape index (κ2) is 15.7. The predicted octanol–water partition coefficient (Wildman–Crippen LogP) is 4.23. The van der Waals surface area contributed by atoms with Gasteiger partial charge in [0.15, 0.2) is 0 Å². The van der Waals surface area contributed by atoms with E-state index in [0.29, 0.717) is 17.1 Å². The van der Waals surface area contributed by atoms with E-state index in [0.717, 1.165) is 4.90 Å². The Morgan fingerprint density at radius 1 is 0.979 bits per heavy atom. The molecule has 4 rings (SSSR count). The van der Waals surface area contributed by atoms with E-state index in [-0.39, 0.29) is 37.5 Å². The van der Waals surface area contributed by atoms with Gasteiger partial charge < -0.3 is 24.8 Å². The first kappa shape index (κ1) is 35.8. The van der Waals surface area contributed by atoms with Crippen LogP contribution in [0.1, 0.15) is 32.8 Å². The molecule has 3 N–H and O–H groups in total. The number of anilines is 1. The highest BCUT2D eigenvalue weighted by molar-refractivity contribution is 7.89. The van der Waals surface area contributed by atoms with Crippen molar-refractivity contribution in [3.8, 4) is 11.5 Å². The smallest absolute Gasteiger partial charge is 0.421 e. The van der Waals surface area contributed by atoms with Crippen molar-refractivity contribution in [3.63, 3.8) is 0 Å². The van der Waals surface area contributed by atoms with Gasteiger partial charge >= 0.3 is 12.2 Å². The second-order valence-electron chi connectivity index (χ2n) is 11.8. The highest BCUT2D eigenvalue weighted by Gasteiger charge is 2.38. The van der Waals surface area contributed by atoms with Gasteiger partial charge in [-0.3, -0.25) is 14.9 Å². The van der Waals surface area contributed by atoms with Crippen LogP contribution in [-0.4, -0.2) is 68.0 Å². The maximum Gasteiger partial charge on any atom is 0.421 e. The first-order valence-electron chi connectivity index (χ1n) is 15.0. The molecule has 15 nitrogen and oxygen atoms in total. The van der Waals surface area contributed by atoms with Gasteiger partial charge in [0.25, 0.3) is 11.6 Å². The van der Waals surface area contributed by atoms with E-state index in [1.165, 1.54) is 24.3 Å². The molecule has 0 bridgehead atoms. The number of hydrogen-bond acceptors (Lipinski definition) is 11. The largest absolute Gasteiger partial charge is 0.457 e. The molecule has 0 aliphatic carbocycles. The topological polar surface area (TPSA) is 196 Å². The van der Waals surface area contributed by atoms with Crippen molar-refractivity contribution < 1.29 is 41.9 Å². The van der Waals surface area contributed by atoms with Crippen LogP contribution in [0.25, 0.3) is 0 Å². The van der Waals surface area contributed by atoms with Crippen molar-refractivity contribution in [2.24, 2.45) is 0 Å². The van der Waals surface area contributed by atoms with E-state index >= 15 is 0 Å². The summed E-state index contributed by atoms with van der Waals surface area (Å²) < 4.78 is 44.3. The van der Waals surface area contributed by atoms with E-state index in [1.807, 2.05) is 18.2 Å². The van der Waals surface area contributed by atoms with Crippen molar-refractivity contribution in [2.75, 3.05) is 23.7 Å². The molecule has 48 heavy (non-hydrogen) atoms. The molecule has 1 aliphatic heterocycles. The lowest BCUT2D eigenvalue weighted by Gasteiger charge is -2.28. The molecule has 3 amide bonds. The first-order chi connectivity index (χ1) is 22.7. The highest BCUT2D eigenvalue weighted by Crippen LogP contribution is 2.27. The van der Waals surface area contributed by atoms with Crippen molar-refractivity contribution in [3.05, 3.63) is 94.5 Å². The van der Waals surface area contributed by atoms with E-state index in [2.05, 4.69) is 15.4 Å². The Morgan fingerprint density at radius 3 is 2.25 bits per heavy atom. The summed E-state index contributed by atoms with van der Waals surface area (Å²) in [6.45, 7) is 4.73. The number of non-ortho nitro benzene ring substituents is 1. The SMILES string of the molecule is CC(C)(C)OC(=O)N(C(=O)[C@@H]1C[C@@H](NS(=O)(=O)CCNC(=O)OCc2ccc([N+](=O)[O-])cc2)CN1)c1ccc(Oc2ccccc2)cc1. The minimum Gasteiger partial charge on any atom is -0.457 e. The van der Waals surface area contributed by atoms with Gasteiger partial charge in [-0.05, 0) is 81.3 Å². The van der Waals surface area contributed by atoms with Crippen LogP contribution in [0.15, 0.2) is 78.9 Å². The number of nitrogens with zero attached hydrogens (tertiary/aromatic N) is 2. The Labute approximate surface area is 277 Å². The average Bonchev–Trinajstić information content (AvgIpc) is 3.48. The Bertz CT molecular complexity index is 1700. The van der Waals surface area contributed by atoms with Gasteiger partial charge in [0.1, 0.15) is 23.7 Å². The average molecular weight is 684 g/mol. The quantitative estimate of drug-likeness (QED) is 0.183. The molecular formula is C32H37N5O10S. The van der Waals surface area contributed by atoms with E-state index < -0.39 is 56.5 Å². The third-order valence-corrected chi connectivity index (χ3v) is 8.24. The van der Waals surface area contributed by atoms with Gasteiger partial charge in [0, 0.05) is 31.3 Å². The summed E-state index contributed by atoms with van der Waals surface area (Å²) in [6.07, 6.45) is -1.70. The Morgan fingerprint density at radius 2 is 1.62 bits per heavy atom. The summed E-state index contributed by atoms with van der Waals surface area (Å²) in [7, 11) is -3.89. The van der Waals surface area contributed by atoms with Crippen molar-refractivity contribution in [1.82, 2.24) is 15.4 Å². The fourth-order valence-corrected chi connectivity index (χ4v) is 5.78. The normalized spacial score (nSPS) is 16.1. The number of sulfonamides is 1. The van der Waals surface area contributed by atoms with Crippen LogP contribution < -0.4 is 25.0 Å². The molecular weight excluding hydrogens is 646 g/mol. The van der Waals surface area contributed by atoms with Gasteiger partial charge in [-0.1, -0.05) is 18.2 Å². The van der Waals surface area contributed by atoms with E-state index in [1.54, 1.807) is 57.2 Å². The van der Waals surface area contributed by atoms with E-state index in [9.17, 15) is 32.9 Å². The lowest BCUT2D eigenvalue weighted by atomic mass is 10.1. The van der Waals surface area contributed by atoms with Crippen LogP contribution in [0.5, 0.6) is 11.5 Å². The van der Waals surface area contributed by atoms with Crippen LogP contribution in [0.3, 0.4) is 0 Å². The monoisotopic (exact) mass is 683 g/mol. The molecule has 0 unspecified atom stereocenters. The molecule has 0 saturated carbocycles. The fraction of sp³-hybridized carbons (Fsp3) is 0.344. The second-order valence-corrected chi connectivity index (χ2v) is 13.7. The molecule has 0 spiro atoms. The summed E-state index contributed by atoms with van der Waals surface area (Å²) in [5.41, 5.74) is -0.234. The number of para-hydroxylation sites is 1. The molecule has 1 fully saturated rings. The standard InChI is InChI=1S/C32H37N5O10S/c1-32(2,3)47-31(40)36(24-13-15-27(16-14-24)46-26-7-5-4-6-8-26)29(38)28-19-23(20-34-28)35-48(43,44)18-17-33-30(39)45-21-22-9-11-25(12-10-22)37(41)42/h4-16,23,28,34-35H,17-21H2,1-3H3,(H,33,39)/t23-,28+/m1/s1. The lowest BCUT2D eigenvalue weighted by molar-refractivity contribution is -0.384. The number of nitrogens with one attached hydrogen (secondary N) is 3. The molecule has 0 aromatic heterocycles. The van der Waals surface area contributed by atoms with Crippen LogP contribution in [-0.2, 0) is 30.9 Å². The number of nitro benzene ring substituents is 1. The van der Waals surface area contributed by atoms with Crippen LogP contribution in [0.2, 0.25) is 0 Å². The molecule has 1 heterocycles. The predicted molar refractivity (Wildman–Crippen MR) is 175 cm³/mol. The summed E-state index contributed by atoms with van der Waals surface area (Å²) in [5.74, 6) is 0.0163. The van der Waals surface area contributed by atoms with Gasteiger partial charge in [-0.2, -0.15) is 0 Å². The Balaban J connectivity index is 1.30. The molecule has 1 saturated heterocycles. The fourth-order valence-electron chi connectivity index (χ4n) is 4.60. The zero-order valence-electron chi connectivity index (χ0n) is 26.6. The van der Waals surface area contributed by atoms with Gasteiger partial charge in [-0.15, -0.1) is 0 Å². The number of nitro groups is 1. The summed E-state index contributed by atoms with van der Waals surface area (Å²) in [5, 5.41) is 16.1. The Hall–Kier alpha value is -5.06. The summed E-state index contributed by atoms with van der Waals surface area (Å²) >= 11 is 0. The number of alkyl carbamates (subject to hydrolysis) is 1. The van der Waals surface area contributed by atoms with Gasteiger partial charge in [0.2, 0.25) is 10.0 Å².